The molecule has 6 nitrogen and oxygen atoms in total. The van der Waals surface area contributed by atoms with Gasteiger partial charge in [0, 0.05) is 0 Å². The number of hydrogen-bond acceptors (Lipinski definition) is 3. The number of benzene rings is 1. The van der Waals surface area contributed by atoms with Gasteiger partial charge in [0.1, 0.15) is 11.0 Å². The van der Waals surface area contributed by atoms with E-state index in [2.05, 4.69) is 0 Å². The molecule has 19 heavy (non-hydrogen) atoms. The number of aromatic nitrogens is 2. The summed E-state index contributed by atoms with van der Waals surface area (Å²) >= 11 is 0. The quantitative estimate of drug-likeness (QED) is 0.322. The Morgan fingerprint density at radius 2 is 1.53 bits per heavy atom. The van der Waals surface area contributed by atoms with Crippen LogP contribution in [0.15, 0.2) is 9.59 Å². The number of H-pyrrole nitrogens is 1. The highest BCUT2D eigenvalue weighted by Gasteiger charge is 2.26. The van der Waals surface area contributed by atoms with Crippen LogP contribution in [-0.2, 0) is 0 Å². The van der Waals surface area contributed by atoms with E-state index in [1.54, 1.807) is 0 Å². The van der Waals surface area contributed by atoms with Crippen molar-refractivity contribution in [1.29, 1.82) is 0 Å². The number of halogens is 4. The fourth-order valence-electron chi connectivity index (χ4n) is 1.50. The molecule has 2 aromatic rings. The molecule has 1 heterocycles. The standard InChI is InChI=1S/C9H2F4N2O4/c10-1-2(11)4(13)6-5(3(1)12)14-7(16)8(17)15(6)9(18)19/h(H,14,16)(H,18,19). The van der Waals surface area contributed by atoms with E-state index in [9.17, 15) is 31.9 Å². The Morgan fingerprint density at radius 1 is 1.00 bits per heavy atom. The number of aromatic amines is 1. The van der Waals surface area contributed by atoms with Gasteiger partial charge in [0.15, 0.2) is 23.3 Å². The van der Waals surface area contributed by atoms with Crippen LogP contribution in [0.1, 0.15) is 0 Å². The molecule has 0 aliphatic carbocycles. The molecule has 0 bridgehead atoms. The van der Waals surface area contributed by atoms with Gasteiger partial charge in [-0.1, -0.05) is 0 Å². The number of rotatable bonds is 0. The van der Waals surface area contributed by atoms with Crippen LogP contribution in [0.2, 0.25) is 0 Å². The van der Waals surface area contributed by atoms with Gasteiger partial charge in [-0.05, 0) is 0 Å². The van der Waals surface area contributed by atoms with Gasteiger partial charge >= 0.3 is 17.2 Å². The summed E-state index contributed by atoms with van der Waals surface area (Å²) in [6.07, 6.45) is -2.15. The van der Waals surface area contributed by atoms with Gasteiger partial charge in [-0.2, -0.15) is 0 Å². The van der Waals surface area contributed by atoms with Crippen LogP contribution in [0.4, 0.5) is 22.4 Å². The molecular weight excluding hydrogens is 276 g/mol. The summed E-state index contributed by atoms with van der Waals surface area (Å²) in [5.74, 6) is -8.66. The molecule has 0 amide bonds. The van der Waals surface area contributed by atoms with Crippen LogP contribution < -0.4 is 11.1 Å². The normalized spacial score (nSPS) is 10.9. The SMILES string of the molecule is O=C(O)n1c(=O)c(=O)[nH]c2c(F)c(F)c(F)c(F)c21. The van der Waals surface area contributed by atoms with Gasteiger partial charge in [0.2, 0.25) is 0 Å². The van der Waals surface area contributed by atoms with Crippen molar-refractivity contribution in [1.82, 2.24) is 9.55 Å². The highest BCUT2D eigenvalue weighted by molar-refractivity contribution is 5.85. The lowest BCUT2D eigenvalue weighted by Gasteiger charge is -2.07. The molecule has 100 valence electrons. The van der Waals surface area contributed by atoms with Gasteiger partial charge in [0.05, 0.1) is 0 Å². The Labute approximate surface area is 99.1 Å². The number of hydrogen-bond donors (Lipinski definition) is 2. The second-order valence-corrected chi connectivity index (χ2v) is 3.36. The van der Waals surface area contributed by atoms with E-state index < -0.39 is 56.1 Å². The van der Waals surface area contributed by atoms with Crippen LogP contribution in [0, 0.1) is 23.3 Å². The van der Waals surface area contributed by atoms with Gasteiger partial charge in [0.25, 0.3) is 0 Å². The molecule has 0 aliphatic heterocycles. The monoisotopic (exact) mass is 278 g/mol. The second kappa shape index (κ2) is 3.93. The molecule has 1 aromatic heterocycles. The first-order valence-corrected chi connectivity index (χ1v) is 4.51. The minimum atomic E-state index is -2.30. The second-order valence-electron chi connectivity index (χ2n) is 3.36. The maximum Gasteiger partial charge on any atom is 0.419 e. The summed E-state index contributed by atoms with van der Waals surface area (Å²) in [5, 5.41) is 8.67. The van der Waals surface area contributed by atoms with Crippen LogP contribution >= 0.6 is 0 Å². The maximum absolute atomic E-state index is 13.4. The number of nitrogens with one attached hydrogen (secondary N) is 1. The average Bonchev–Trinajstić information content (AvgIpc) is 2.35. The van der Waals surface area contributed by atoms with Gasteiger partial charge in [-0.3, -0.25) is 9.59 Å². The molecule has 0 saturated carbocycles. The first-order chi connectivity index (χ1) is 8.77. The van der Waals surface area contributed by atoms with Crippen molar-refractivity contribution in [3.05, 3.63) is 44.0 Å². The first-order valence-electron chi connectivity index (χ1n) is 4.51. The third kappa shape index (κ3) is 1.60. The molecule has 1 aromatic carbocycles. The average molecular weight is 278 g/mol. The number of nitrogens with zero attached hydrogens (tertiary/aromatic N) is 1. The van der Waals surface area contributed by atoms with E-state index in [0.29, 0.717) is 0 Å². The highest BCUT2D eigenvalue weighted by Crippen LogP contribution is 2.23. The van der Waals surface area contributed by atoms with Crippen LogP contribution in [-0.4, -0.2) is 20.8 Å². The molecule has 10 heteroatoms. The van der Waals surface area contributed by atoms with Crippen molar-refractivity contribution in [3.8, 4) is 0 Å². The topological polar surface area (TPSA) is 92.2 Å². The molecule has 0 fully saturated rings. The summed E-state index contributed by atoms with van der Waals surface area (Å²) in [6, 6.07) is 0. The van der Waals surface area contributed by atoms with Gasteiger partial charge in [-0.25, -0.2) is 26.9 Å². The molecule has 0 spiro atoms. The Balaban J connectivity index is 3.28. The zero-order valence-corrected chi connectivity index (χ0v) is 8.63. The lowest BCUT2D eigenvalue weighted by atomic mass is 10.2. The van der Waals surface area contributed by atoms with Crippen molar-refractivity contribution in [3.63, 3.8) is 0 Å². The predicted octanol–water partition coefficient (Wildman–Crippen LogP) is 0.772. The van der Waals surface area contributed by atoms with Crippen molar-refractivity contribution in [2.45, 2.75) is 0 Å². The minimum absolute atomic E-state index is 0.505. The third-order valence-electron chi connectivity index (χ3n) is 2.29. The highest BCUT2D eigenvalue weighted by atomic mass is 19.2. The largest absolute Gasteiger partial charge is 0.464 e. The van der Waals surface area contributed by atoms with E-state index in [-0.39, 0.29) is 0 Å². The van der Waals surface area contributed by atoms with Gasteiger partial charge in [-0.15, -0.1) is 0 Å². The van der Waals surface area contributed by atoms with Crippen molar-refractivity contribution in [2.24, 2.45) is 0 Å². The zero-order chi connectivity index (χ0) is 14.5. The molecule has 0 unspecified atom stereocenters. The van der Waals surface area contributed by atoms with Crippen molar-refractivity contribution in [2.75, 3.05) is 0 Å². The molecule has 2 N–H and O–H groups in total. The van der Waals surface area contributed by atoms with Gasteiger partial charge < -0.3 is 10.1 Å². The van der Waals surface area contributed by atoms with Crippen LogP contribution in [0.5, 0.6) is 0 Å². The molecular formula is C9H2F4N2O4. The lowest BCUT2D eigenvalue weighted by molar-refractivity contribution is 0.196. The third-order valence-corrected chi connectivity index (χ3v) is 2.29. The molecule has 0 radical (unpaired) electrons. The van der Waals surface area contributed by atoms with E-state index in [0.717, 1.165) is 0 Å². The minimum Gasteiger partial charge on any atom is -0.464 e. The number of fused-ring (bicyclic) bond motifs is 1. The summed E-state index contributed by atoms with van der Waals surface area (Å²) in [5.41, 5.74) is -6.07. The maximum atomic E-state index is 13.4. The zero-order valence-electron chi connectivity index (χ0n) is 8.63. The summed E-state index contributed by atoms with van der Waals surface area (Å²) in [6.45, 7) is 0. The lowest BCUT2D eigenvalue weighted by Crippen LogP contribution is -2.40. The Hall–Kier alpha value is -2.65. The molecule has 2 rings (SSSR count). The van der Waals surface area contributed by atoms with E-state index >= 15 is 0 Å². The fraction of sp³-hybridized carbons (Fsp3) is 0. The van der Waals surface area contributed by atoms with Crippen molar-refractivity contribution >= 4 is 17.1 Å². The fourth-order valence-corrected chi connectivity index (χ4v) is 1.50. The summed E-state index contributed by atoms with van der Waals surface area (Å²) in [7, 11) is 0. The summed E-state index contributed by atoms with van der Waals surface area (Å²) < 4.78 is 52.2. The van der Waals surface area contributed by atoms with E-state index in [1.807, 2.05) is 0 Å². The van der Waals surface area contributed by atoms with Crippen LogP contribution in [0.25, 0.3) is 11.0 Å². The van der Waals surface area contributed by atoms with Crippen LogP contribution in [0.3, 0.4) is 0 Å². The van der Waals surface area contributed by atoms with E-state index in [1.165, 1.54) is 4.98 Å². The summed E-state index contributed by atoms with van der Waals surface area (Å²) in [4.78, 5) is 34.5. The molecule has 0 aliphatic rings. The molecule has 0 atom stereocenters. The van der Waals surface area contributed by atoms with Crippen molar-refractivity contribution < 1.29 is 27.5 Å². The number of carbonyl (C=O) groups is 1. The molecule has 0 saturated heterocycles. The van der Waals surface area contributed by atoms with E-state index in [4.69, 9.17) is 5.11 Å². The predicted molar refractivity (Wildman–Crippen MR) is 52.1 cm³/mol. The Morgan fingerprint density at radius 3 is 2.05 bits per heavy atom. The first kappa shape index (κ1) is 12.8. The Bertz CT molecular complexity index is 839. The number of carboxylic acid groups (broad SMARTS) is 1. The Kier molecular flexibility index (Phi) is 2.65. The smallest absolute Gasteiger partial charge is 0.419 e.